The lowest BCUT2D eigenvalue weighted by atomic mass is 10.2. The van der Waals surface area contributed by atoms with E-state index in [1.165, 1.54) is 34.9 Å². The first-order valence-corrected chi connectivity index (χ1v) is 11.4. The number of carbonyl (C=O) groups is 1. The Kier molecular flexibility index (Phi) is 6.36. The first-order valence-electron chi connectivity index (χ1n) is 9.95. The molecule has 0 fully saturated rings. The van der Waals surface area contributed by atoms with E-state index >= 15 is 0 Å². The van der Waals surface area contributed by atoms with Gasteiger partial charge < -0.3 is 4.74 Å². The number of H-pyrrole nitrogens is 1. The molecule has 33 heavy (non-hydrogen) atoms. The summed E-state index contributed by atoms with van der Waals surface area (Å²) in [6.07, 6.45) is 1.26. The molecule has 1 heterocycles. The average molecular weight is 464 g/mol. The third-order valence-corrected chi connectivity index (χ3v) is 6.63. The number of nitrogens with one attached hydrogen (secondary N) is 2. The molecule has 3 aromatic carbocycles. The molecule has 4 aromatic rings. The lowest BCUT2D eigenvalue weighted by Crippen LogP contribution is -2.30. The van der Waals surface area contributed by atoms with Crippen LogP contribution in [0.1, 0.15) is 15.9 Å². The van der Waals surface area contributed by atoms with Crippen molar-refractivity contribution in [1.82, 2.24) is 15.2 Å². The molecule has 168 valence electrons. The number of amides is 1. The Bertz CT molecular complexity index is 1330. The molecule has 0 radical (unpaired) electrons. The molecule has 0 spiro atoms. The molecule has 0 unspecified atom stereocenters. The highest BCUT2D eigenvalue weighted by molar-refractivity contribution is 7.92. The second-order valence-corrected chi connectivity index (χ2v) is 8.87. The maximum absolute atomic E-state index is 13.7. The molecule has 9 nitrogen and oxygen atoms in total. The van der Waals surface area contributed by atoms with Crippen molar-refractivity contribution in [2.24, 2.45) is 0 Å². The van der Waals surface area contributed by atoms with Gasteiger partial charge in [0.25, 0.3) is 15.9 Å². The second-order valence-electron chi connectivity index (χ2n) is 7.01. The molecule has 4 rings (SSSR count). The van der Waals surface area contributed by atoms with E-state index in [1.807, 2.05) is 30.3 Å². The largest absolute Gasteiger partial charge is 0.497 e. The minimum absolute atomic E-state index is 0.0144. The summed E-state index contributed by atoms with van der Waals surface area (Å²) in [5, 5.41) is 8.74. The van der Waals surface area contributed by atoms with Crippen molar-refractivity contribution in [3.05, 3.63) is 96.3 Å². The van der Waals surface area contributed by atoms with Crippen LogP contribution in [0.3, 0.4) is 0 Å². The normalized spacial score (nSPS) is 11.1. The molecule has 1 aromatic heterocycles. The van der Waals surface area contributed by atoms with Gasteiger partial charge in [-0.1, -0.05) is 36.4 Å². The van der Waals surface area contributed by atoms with Gasteiger partial charge >= 0.3 is 0 Å². The van der Waals surface area contributed by atoms with Crippen LogP contribution in [-0.2, 0) is 16.6 Å². The number of benzene rings is 3. The number of nitrogens with zero attached hydrogens (tertiary/aromatic N) is 3. The van der Waals surface area contributed by atoms with Crippen molar-refractivity contribution in [3.8, 4) is 5.75 Å². The molecule has 0 aliphatic carbocycles. The van der Waals surface area contributed by atoms with E-state index in [1.54, 1.807) is 31.4 Å². The monoisotopic (exact) mass is 463 g/mol. The number of methoxy groups -OCH3 is 1. The Hall–Kier alpha value is -4.18. The van der Waals surface area contributed by atoms with Gasteiger partial charge in [-0.05, 0) is 48.0 Å². The molecule has 0 saturated heterocycles. The van der Waals surface area contributed by atoms with Crippen molar-refractivity contribution in [2.45, 2.75) is 11.4 Å². The topological polar surface area (TPSA) is 117 Å². The lowest BCUT2D eigenvalue weighted by Gasteiger charge is -2.25. The fourth-order valence-corrected chi connectivity index (χ4v) is 4.68. The zero-order valence-corrected chi connectivity index (χ0v) is 18.5. The molecular formula is C23H21N5O4S. The number of ether oxygens (including phenoxy) is 1. The Balaban J connectivity index is 1.70. The van der Waals surface area contributed by atoms with Crippen molar-refractivity contribution in [1.29, 1.82) is 0 Å². The van der Waals surface area contributed by atoms with Crippen LogP contribution in [0.25, 0.3) is 0 Å². The number of anilines is 2. The second kappa shape index (κ2) is 9.53. The van der Waals surface area contributed by atoms with Gasteiger partial charge in [-0.3, -0.25) is 14.4 Å². The van der Waals surface area contributed by atoms with E-state index in [-0.39, 0.29) is 23.0 Å². The number of hydrogen-bond acceptors (Lipinski definition) is 6. The van der Waals surface area contributed by atoms with E-state index in [4.69, 9.17) is 4.74 Å². The van der Waals surface area contributed by atoms with Gasteiger partial charge in [0.1, 0.15) is 12.1 Å². The third kappa shape index (κ3) is 5.01. The summed E-state index contributed by atoms with van der Waals surface area (Å²) >= 11 is 0. The number of aromatic amines is 1. The number of aromatic nitrogens is 3. The molecule has 0 bridgehead atoms. The first-order chi connectivity index (χ1) is 16.0. The van der Waals surface area contributed by atoms with Crippen LogP contribution in [0.4, 0.5) is 11.6 Å². The van der Waals surface area contributed by atoms with Crippen molar-refractivity contribution < 1.29 is 17.9 Å². The van der Waals surface area contributed by atoms with E-state index in [9.17, 15) is 13.2 Å². The number of rotatable bonds is 8. The van der Waals surface area contributed by atoms with Gasteiger partial charge in [0.15, 0.2) is 0 Å². The summed E-state index contributed by atoms with van der Waals surface area (Å²) in [4.78, 5) is 16.4. The van der Waals surface area contributed by atoms with E-state index < -0.39 is 15.9 Å². The van der Waals surface area contributed by atoms with Crippen LogP contribution >= 0.6 is 0 Å². The lowest BCUT2D eigenvalue weighted by molar-refractivity contribution is 0.102. The summed E-state index contributed by atoms with van der Waals surface area (Å²) in [7, 11) is -2.47. The van der Waals surface area contributed by atoms with Crippen LogP contribution < -0.4 is 14.4 Å². The number of carbonyl (C=O) groups excluding carboxylic acids is 1. The van der Waals surface area contributed by atoms with Gasteiger partial charge in [0, 0.05) is 5.56 Å². The van der Waals surface area contributed by atoms with Crippen LogP contribution in [0.5, 0.6) is 5.75 Å². The average Bonchev–Trinajstić information content (AvgIpc) is 3.36. The Morgan fingerprint density at radius 2 is 1.79 bits per heavy atom. The minimum Gasteiger partial charge on any atom is -0.497 e. The van der Waals surface area contributed by atoms with E-state index in [0.717, 1.165) is 5.56 Å². The van der Waals surface area contributed by atoms with Crippen LogP contribution in [-0.4, -0.2) is 36.6 Å². The van der Waals surface area contributed by atoms with E-state index in [2.05, 4.69) is 20.5 Å². The van der Waals surface area contributed by atoms with Gasteiger partial charge in [0.05, 0.1) is 24.2 Å². The van der Waals surface area contributed by atoms with Gasteiger partial charge in [-0.15, -0.1) is 0 Å². The maximum atomic E-state index is 13.7. The van der Waals surface area contributed by atoms with Crippen LogP contribution in [0, 0.1) is 0 Å². The first kappa shape index (κ1) is 22.0. The summed E-state index contributed by atoms with van der Waals surface area (Å²) in [6, 6.07) is 21.9. The zero-order valence-electron chi connectivity index (χ0n) is 17.7. The van der Waals surface area contributed by atoms with Crippen LogP contribution in [0.2, 0.25) is 0 Å². The smallest absolute Gasteiger partial charge is 0.264 e. The van der Waals surface area contributed by atoms with E-state index in [0.29, 0.717) is 11.4 Å². The molecule has 0 saturated carbocycles. The maximum Gasteiger partial charge on any atom is 0.264 e. The molecule has 0 aliphatic rings. The summed E-state index contributed by atoms with van der Waals surface area (Å²) in [6.45, 7) is 0.115. The Morgan fingerprint density at radius 3 is 2.45 bits per heavy atom. The summed E-state index contributed by atoms with van der Waals surface area (Å²) in [5.41, 5.74) is 1.45. The standard InChI is InChI=1S/C23H21N5O4S/c1-32-20-12-10-19(11-13-20)28(15-17-6-3-2-4-7-17)33(30,31)21-9-5-8-18(14-21)22(29)26-23-24-16-25-27-23/h2-14,16H,15H2,1H3,(H2,24,25,26,27,29). The minimum atomic E-state index is -4.01. The van der Waals surface area contributed by atoms with Gasteiger partial charge in [0.2, 0.25) is 5.95 Å². The highest BCUT2D eigenvalue weighted by atomic mass is 32.2. The quantitative estimate of drug-likeness (QED) is 0.413. The molecule has 10 heteroatoms. The Labute approximate surface area is 191 Å². The summed E-state index contributed by atoms with van der Waals surface area (Å²) < 4.78 is 33.9. The van der Waals surface area contributed by atoms with Crippen LogP contribution in [0.15, 0.2) is 90.1 Å². The predicted molar refractivity (Wildman–Crippen MR) is 124 cm³/mol. The number of hydrogen-bond donors (Lipinski definition) is 2. The van der Waals surface area contributed by atoms with Crippen molar-refractivity contribution in [2.75, 3.05) is 16.7 Å². The van der Waals surface area contributed by atoms with Gasteiger partial charge in [-0.25, -0.2) is 13.5 Å². The molecule has 0 aliphatic heterocycles. The highest BCUT2D eigenvalue weighted by Gasteiger charge is 2.26. The van der Waals surface area contributed by atoms with Crippen molar-refractivity contribution in [3.63, 3.8) is 0 Å². The zero-order chi connectivity index (χ0) is 23.3. The number of sulfonamides is 1. The fraction of sp³-hybridized carbons (Fsp3) is 0.0870. The van der Waals surface area contributed by atoms with Crippen molar-refractivity contribution >= 4 is 27.6 Å². The molecule has 1 amide bonds. The SMILES string of the molecule is COc1ccc(N(Cc2ccccc2)S(=O)(=O)c2cccc(C(=O)Nc3ncn[nH]3)c2)cc1. The Morgan fingerprint density at radius 1 is 1.03 bits per heavy atom. The van der Waals surface area contributed by atoms with Gasteiger partial charge in [-0.2, -0.15) is 10.1 Å². The predicted octanol–water partition coefficient (Wildman–Crippen LogP) is 3.46. The summed E-state index contributed by atoms with van der Waals surface area (Å²) in [5.74, 6) is 0.266. The molecular weight excluding hydrogens is 442 g/mol. The fourth-order valence-electron chi connectivity index (χ4n) is 3.18. The molecule has 2 N–H and O–H groups in total. The highest BCUT2D eigenvalue weighted by Crippen LogP contribution is 2.28. The molecule has 0 atom stereocenters. The third-order valence-electron chi connectivity index (χ3n) is 4.86.